The van der Waals surface area contributed by atoms with Crippen LogP contribution in [0.2, 0.25) is 0 Å². The predicted octanol–water partition coefficient (Wildman–Crippen LogP) is 3.31. The van der Waals surface area contributed by atoms with Gasteiger partial charge in [-0.05, 0) is 42.5 Å². The van der Waals surface area contributed by atoms with Crippen molar-refractivity contribution in [3.8, 4) is 40.2 Å². The van der Waals surface area contributed by atoms with Crippen LogP contribution in [0.15, 0.2) is 47.1 Å². The molecule has 0 amide bonds. The van der Waals surface area contributed by atoms with Gasteiger partial charge in [0.2, 0.25) is 6.79 Å². The van der Waals surface area contributed by atoms with E-state index in [1.54, 1.807) is 10.8 Å². The molecule has 9 heteroatoms. The standard InChI is InChI=1S/C16H11N5O3S/c25-16-20-19-15(11-7-10(17-18-11)12-2-1-5-22-12)21(16)9-3-4-13-14(6-9)24-8-23-13/h1-7H,8H2,(H,17,18)(H,20,25). The van der Waals surface area contributed by atoms with Gasteiger partial charge in [-0.3, -0.25) is 14.8 Å². The number of benzene rings is 1. The first-order valence-electron chi connectivity index (χ1n) is 7.47. The van der Waals surface area contributed by atoms with Crippen LogP contribution in [0.3, 0.4) is 0 Å². The molecular weight excluding hydrogens is 342 g/mol. The van der Waals surface area contributed by atoms with Crippen LogP contribution in [0.5, 0.6) is 11.5 Å². The van der Waals surface area contributed by atoms with E-state index in [9.17, 15) is 0 Å². The highest BCUT2D eigenvalue weighted by atomic mass is 32.1. The van der Waals surface area contributed by atoms with E-state index in [4.69, 9.17) is 26.1 Å². The molecule has 0 atom stereocenters. The lowest BCUT2D eigenvalue weighted by Crippen LogP contribution is -1.98. The molecule has 0 fully saturated rings. The molecule has 2 N–H and O–H groups in total. The zero-order valence-electron chi connectivity index (χ0n) is 12.7. The number of nitrogens with one attached hydrogen (secondary N) is 2. The summed E-state index contributed by atoms with van der Waals surface area (Å²) in [6.45, 7) is 0.217. The first-order chi connectivity index (χ1) is 12.3. The number of fused-ring (bicyclic) bond motifs is 1. The molecule has 5 rings (SSSR count). The maximum absolute atomic E-state index is 5.44. The van der Waals surface area contributed by atoms with Gasteiger partial charge >= 0.3 is 0 Å². The fourth-order valence-corrected chi connectivity index (χ4v) is 2.96. The van der Waals surface area contributed by atoms with Gasteiger partial charge in [0.05, 0.1) is 12.0 Å². The number of hydrogen-bond donors (Lipinski definition) is 2. The molecule has 0 bridgehead atoms. The van der Waals surface area contributed by atoms with Crippen molar-refractivity contribution < 1.29 is 13.9 Å². The van der Waals surface area contributed by atoms with Crippen molar-refractivity contribution >= 4 is 12.2 Å². The van der Waals surface area contributed by atoms with Crippen molar-refractivity contribution in [2.24, 2.45) is 0 Å². The van der Waals surface area contributed by atoms with Crippen LogP contribution in [0.1, 0.15) is 0 Å². The van der Waals surface area contributed by atoms with E-state index >= 15 is 0 Å². The fraction of sp³-hybridized carbons (Fsp3) is 0.0625. The first kappa shape index (κ1) is 14.1. The summed E-state index contributed by atoms with van der Waals surface area (Å²) >= 11 is 5.39. The van der Waals surface area contributed by atoms with Crippen LogP contribution in [0, 0.1) is 4.77 Å². The fourth-order valence-electron chi connectivity index (χ4n) is 2.73. The second kappa shape index (κ2) is 5.35. The van der Waals surface area contributed by atoms with Gasteiger partial charge in [0.15, 0.2) is 27.9 Å². The number of rotatable bonds is 3. The number of furan rings is 1. The van der Waals surface area contributed by atoms with Gasteiger partial charge in [0.1, 0.15) is 11.4 Å². The van der Waals surface area contributed by atoms with Gasteiger partial charge < -0.3 is 13.9 Å². The number of aromatic amines is 2. The van der Waals surface area contributed by atoms with Gasteiger partial charge in [-0.25, -0.2) is 0 Å². The summed E-state index contributed by atoms with van der Waals surface area (Å²) in [5, 5.41) is 14.4. The zero-order chi connectivity index (χ0) is 16.8. The summed E-state index contributed by atoms with van der Waals surface area (Å²) in [4.78, 5) is 0. The van der Waals surface area contributed by atoms with E-state index in [1.165, 1.54) is 0 Å². The van der Waals surface area contributed by atoms with Crippen LogP contribution in [-0.2, 0) is 0 Å². The van der Waals surface area contributed by atoms with Crippen LogP contribution in [-0.4, -0.2) is 31.8 Å². The largest absolute Gasteiger partial charge is 0.463 e. The lowest BCUT2D eigenvalue weighted by Gasteiger charge is -2.06. The van der Waals surface area contributed by atoms with E-state index < -0.39 is 0 Å². The molecule has 0 unspecified atom stereocenters. The van der Waals surface area contributed by atoms with E-state index in [0.29, 0.717) is 33.5 Å². The lowest BCUT2D eigenvalue weighted by molar-refractivity contribution is 0.174. The summed E-state index contributed by atoms with van der Waals surface area (Å²) in [6, 6.07) is 11.1. The molecule has 0 saturated heterocycles. The molecule has 0 spiro atoms. The third-order valence-electron chi connectivity index (χ3n) is 3.88. The molecule has 124 valence electrons. The minimum atomic E-state index is 0.217. The van der Waals surface area contributed by atoms with E-state index in [0.717, 1.165) is 11.4 Å². The number of ether oxygens (including phenoxy) is 2. The van der Waals surface area contributed by atoms with Crippen LogP contribution in [0.4, 0.5) is 0 Å². The molecule has 4 aromatic rings. The number of nitrogens with zero attached hydrogens (tertiary/aromatic N) is 3. The third-order valence-corrected chi connectivity index (χ3v) is 4.15. The van der Waals surface area contributed by atoms with Crippen molar-refractivity contribution in [3.63, 3.8) is 0 Å². The summed E-state index contributed by atoms with van der Waals surface area (Å²) in [7, 11) is 0. The molecular formula is C16H11N5O3S. The van der Waals surface area contributed by atoms with E-state index in [-0.39, 0.29) is 6.79 Å². The Hall–Kier alpha value is -3.33. The summed E-state index contributed by atoms with van der Waals surface area (Å²) in [6.07, 6.45) is 1.61. The number of aromatic nitrogens is 5. The Balaban J connectivity index is 1.61. The van der Waals surface area contributed by atoms with Gasteiger partial charge in [0.25, 0.3) is 0 Å². The number of H-pyrrole nitrogens is 2. The SMILES string of the molecule is S=c1[nH]nc(-c2cc(-c3ccco3)[nH]n2)n1-c1ccc2c(c1)OCO2. The Labute approximate surface area is 146 Å². The Morgan fingerprint density at radius 3 is 2.84 bits per heavy atom. The van der Waals surface area contributed by atoms with Gasteiger partial charge in [0, 0.05) is 6.07 Å². The van der Waals surface area contributed by atoms with Crippen molar-refractivity contribution in [3.05, 3.63) is 47.4 Å². The Bertz CT molecular complexity index is 1110. The summed E-state index contributed by atoms with van der Waals surface area (Å²) < 4.78 is 18.4. The molecule has 0 radical (unpaired) electrons. The molecule has 3 aromatic heterocycles. The maximum Gasteiger partial charge on any atom is 0.231 e. The normalized spacial score (nSPS) is 12.6. The zero-order valence-corrected chi connectivity index (χ0v) is 13.5. The molecule has 0 saturated carbocycles. The van der Waals surface area contributed by atoms with Crippen molar-refractivity contribution in [1.82, 2.24) is 25.0 Å². The lowest BCUT2D eigenvalue weighted by atomic mass is 10.2. The van der Waals surface area contributed by atoms with E-state index in [2.05, 4.69) is 20.4 Å². The molecule has 0 aliphatic carbocycles. The molecule has 1 aliphatic rings. The molecule has 25 heavy (non-hydrogen) atoms. The highest BCUT2D eigenvalue weighted by Crippen LogP contribution is 2.34. The van der Waals surface area contributed by atoms with Gasteiger partial charge in [-0.15, -0.1) is 0 Å². The second-order valence-electron chi connectivity index (χ2n) is 5.37. The summed E-state index contributed by atoms with van der Waals surface area (Å²) in [5.41, 5.74) is 2.20. The summed E-state index contributed by atoms with van der Waals surface area (Å²) in [5.74, 6) is 2.66. The molecule has 1 aromatic carbocycles. The van der Waals surface area contributed by atoms with Gasteiger partial charge in [-0.1, -0.05) is 0 Å². The van der Waals surface area contributed by atoms with Crippen LogP contribution < -0.4 is 9.47 Å². The first-order valence-corrected chi connectivity index (χ1v) is 7.87. The van der Waals surface area contributed by atoms with Crippen molar-refractivity contribution in [2.75, 3.05) is 6.79 Å². The van der Waals surface area contributed by atoms with Gasteiger partial charge in [-0.2, -0.15) is 10.2 Å². The topological polar surface area (TPSA) is 93.9 Å². The smallest absolute Gasteiger partial charge is 0.231 e. The maximum atomic E-state index is 5.44. The van der Waals surface area contributed by atoms with Crippen molar-refractivity contribution in [2.45, 2.75) is 0 Å². The van der Waals surface area contributed by atoms with Crippen LogP contribution in [0.25, 0.3) is 28.7 Å². The molecule has 1 aliphatic heterocycles. The third kappa shape index (κ3) is 2.24. The van der Waals surface area contributed by atoms with E-state index in [1.807, 2.05) is 36.4 Å². The quantitative estimate of drug-likeness (QED) is 0.549. The number of hydrogen-bond acceptors (Lipinski definition) is 6. The molecule has 4 heterocycles. The average molecular weight is 353 g/mol. The molecule has 8 nitrogen and oxygen atoms in total. The van der Waals surface area contributed by atoms with Crippen molar-refractivity contribution in [1.29, 1.82) is 0 Å². The minimum Gasteiger partial charge on any atom is -0.463 e. The predicted molar refractivity (Wildman–Crippen MR) is 90.2 cm³/mol. The highest BCUT2D eigenvalue weighted by Gasteiger charge is 2.19. The average Bonchev–Trinajstić information content (AvgIpc) is 3.39. The minimum absolute atomic E-state index is 0.217. The van der Waals surface area contributed by atoms with Crippen LogP contribution >= 0.6 is 12.2 Å². The Morgan fingerprint density at radius 2 is 1.96 bits per heavy atom. The highest BCUT2D eigenvalue weighted by molar-refractivity contribution is 7.71. The second-order valence-corrected chi connectivity index (χ2v) is 5.76. The Kier molecular flexibility index (Phi) is 3.01. The Morgan fingerprint density at radius 1 is 1.04 bits per heavy atom. The monoisotopic (exact) mass is 353 g/mol.